The van der Waals surface area contributed by atoms with Crippen molar-refractivity contribution in [2.45, 2.75) is 37.2 Å². The van der Waals surface area contributed by atoms with Crippen LogP contribution in [0.2, 0.25) is 0 Å². The molecule has 0 aromatic heterocycles. The average molecular weight is 300 g/mol. The van der Waals surface area contributed by atoms with Crippen molar-refractivity contribution >= 4 is 10.0 Å². The highest BCUT2D eigenvalue weighted by Crippen LogP contribution is 2.18. The highest BCUT2D eigenvalue weighted by Gasteiger charge is 2.27. The molecular formula is C13H17FN2O3S. The van der Waals surface area contributed by atoms with Crippen molar-refractivity contribution in [3.63, 3.8) is 0 Å². The molecule has 1 aromatic carbocycles. The van der Waals surface area contributed by atoms with Crippen LogP contribution in [-0.4, -0.2) is 25.7 Å². The number of nitrogens with zero attached hydrogens (tertiary/aromatic N) is 1. The lowest BCUT2D eigenvalue weighted by Crippen LogP contribution is -2.42. The third kappa shape index (κ3) is 3.76. The van der Waals surface area contributed by atoms with Gasteiger partial charge in [0, 0.05) is 6.54 Å². The lowest BCUT2D eigenvalue weighted by atomic mass is 9.98. The minimum Gasteiger partial charge on any atom is -0.389 e. The second kappa shape index (κ2) is 6.31. The van der Waals surface area contributed by atoms with Gasteiger partial charge < -0.3 is 5.11 Å². The van der Waals surface area contributed by atoms with E-state index in [9.17, 15) is 17.9 Å². The maximum absolute atomic E-state index is 13.7. The second-order valence-corrected chi connectivity index (χ2v) is 6.25. The summed E-state index contributed by atoms with van der Waals surface area (Å²) in [5, 5.41) is 18.6. The van der Waals surface area contributed by atoms with E-state index in [1.807, 2.05) is 0 Å². The first-order chi connectivity index (χ1) is 9.28. The Hall–Kier alpha value is -1.49. The van der Waals surface area contributed by atoms with Gasteiger partial charge in [-0.15, -0.1) is 0 Å². The third-order valence-corrected chi connectivity index (χ3v) is 4.69. The molecule has 0 spiro atoms. The first kappa shape index (κ1) is 16.6. The van der Waals surface area contributed by atoms with Crippen molar-refractivity contribution in [3.8, 4) is 6.07 Å². The van der Waals surface area contributed by atoms with Gasteiger partial charge in [-0.1, -0.05) is 13.8 Å². The van der Waals surface area contributed by atoms with E-state index in [2.05, 4.69) is 4.72 Å². The van der Waals surface area contributed by atoms with Crippen molar-refractivity contribution < 1.29 is 17.9 Å². The zero-order chi connectivity index (χ0) is 15.4. The lowest BCUT2D eigenvalue weighted by molar-refractivity contribution is 0.0377. The van der Waals surface area contributed by atoms with Crippen LogP contribution in [0.25, 0.3) is 0 Å². The molecule has 0 atom stereocenters. The number of aliphatic hydroxyl groups is 1. The van der Waals surface area contributed by atoms with Crippen LogP contribution in [0.1, 0.15) is 32.3 Å². The standard InChI is InChI=1S/C13H17FN2O3S/c1-3-13(17,4-2)9-16-20(18,19)12-6-5-10(8-15)7-11(12)14/h5-7,16-17H,3-4,9H2,1-2H3. The zero-order valence-electron chi connectivity index (χ0n) is 11.4. The first-order valence-electron chi connectivity index (χ1n) is 6.19. The van der Waals surface area contributed by atoms with E-state index in [1.54, 1.807) is 19.9 Å². The molecule has 1 aromatic rings. The van der Waals surface area contributed by atoms with Gasteiger partial charge >= 0.3 is 0 Å². The molecule has 20 heavy (non-hydrogen) atoms. The molecule has 0 saturated heterocycles. The van der Waals surface area contributed by atoms with Crippen LogP contribution >= 0.6 is 0 Å². The number of hydrogen-bond acceptors (Lipinski definition) is 4. The van der Waals surface area contributed by atoms with Crippen molar-refractivity contribution in [1.82, 2.24) is 4.72 Å². The van der Waals surface area contributed by atoms with Crippen molar-refractivity contribution in [2.24, 2.45) is 0 Å². The molecule has 0 amide bonds. The number of sulfonamides is 1. The Labute approximate surface area is 118 Å². The Morgan fingerprint density at radius 1 is 1.40 bits per heavy atom. The summed E-state index contributed by atoms with van der Waals surface area (Å²) in [6.45, 7) is 3.28. The molecule has 0 heterocycles. The molecular weight excluding hydrogens is 283 g/mol. The molecule has 0 unspecified atom stereocenters. The third-order valence-electron chi connectivity index (χ3n) is 3.26. The van der Waals surface area contributed by atoms with E-state index in [0.717, 1.165) is 12.1 Å². The summed E-state index contributed by atoms with van der Waals surface area (Å²) in [6, 6.07) is 4.85. The van der Waals surface area contributed by atoms with Crippen LogP contribution < -0.4 is 4.72 Å². The molecule has 0 aliphatic carbocycles. The molecule has 5 nitrogen and oxygen atoms in total. The van der Waals surface area contributed by atoms with Crippen LogP contribution in [0.15, 0.2) is 23.1 Å². The van der Waals surface area contributed by atoms with Gasteiger partial charge in [-0.25, -0.2) is 17.5 Å². The van der Waals surface area contributed by atoms with E-state index in [1.165, 1.54) is 6.07 Å². The van der Waals surface area contributed by atoms with Crippen molar-refractivity contribution in [2.75, 3.05) is 6.54 Å². The zero-order valence-corrected chi connectivity index (χ0v) is 12.2. The van der Waals surface area contributed by atoms with Gasteiger partial charge in [0.05, 0.1) is 17.2 Å². The molecule has 1 rings (SSSR count). The maximum Gasteiger partial charge on any atom is 0.243 e. The molecule has 0 fully saturated rings. The number of hydrogen-bond donors (Lipinski definition) is 2. The van der Waals surface area contributed by atoms with Gasteiger partial charge in [0.25, 0.3) is 0 Å². The molecule has 0 radical (unpaired) electrons. The maximum atomic E-state index is 13.7. The van der Waals surface area contributed by atoms with Crippen LogP contribution in [-0.2, 0) is 10.0 Å². The molecule has 0 saturated carbocycles. The summed E-state index contributed by atoms with van der Waals surface area (Å²) in [7, 11) is -4.06. The fraction of sp³-hybridized carbons (Fsp3) is 0.462. The normalized spacial score (nSPS) is 12.2. The number of rotatable bonds is 6. The topological polar surface area (TPSA) is 90.2 Å². The quantitative estimate of drug-likeness (QED) is 0.833. The predicted molar refractivity (Wildman–Crippen MR) is 71.8 cm³/mol. The van der Waals surface area contributed by atoms with Crippen LogP contribution in [0.4, 0.5) is 4.39 Å². The van der Waals surface area contributed by atoms with Crippen molar-refractivity contribution in [1.29, 1.82) is 5.26 Å². The second-order valence-electron chi connectivity index (χ2n) is 4.51. The Kier molecular flexibility index (Phi) is 5.22. The SMILES string of the molecule is CCC(O)(CC)CNS(=O)(=O)c1ccc(C#N)cc1F. The summed E-state index contributed by atoms with van der Waals surface area (Å²) in [5.74, 6) is -0.993. The van der Waals surface area contributed by atoms with Gasteiger partial charge in [-0.3, -0.25) is 0 Å². The Bertz CT molecular complexity index is 619. The molecule has 110 valence electrons. The predicted octanol–water partition coefficient (Wildman–Crippen LogP) is 1.53. The van der Waals surface area contributed by atoms with Crippen LogP contribution in [0.3, 0.4) is 0 Å². The Balaban J connectivity index is 2.98. The van der Waals surface area contributed by atoms with E-state index in [-0.39, 0.29) is 12.1 Å². The average Bonchev–Trinajstić information content (AvgIpc) is 2.44. The summed E-state index contributed by atoms with van der Waals surface area (Å²) in [4.78, 5) is -0.536. The summed E-state index contributed by atoms with van der Waals surface area (Å²) in [5.41, 5.74) is -1.11. The van der Waals surface area contributed by atoms with Crippen molar-refractivity contribution in [3.05, 3.63) is 29.6 Å². The highest BCUT2D eigenvalue weighted by molar-refractivity contribution is 7.89. The van der Waals surface area contributed by atoms with E-state index in [0.29, 0.717) is 12.8 Å². The van der Waals surface area contributed by atoms with Gasteiger partial charge in [0.1, 0.15) is 10.7 Å². The first-order valence-corrected chi connectivity index (χ1v) is 7.68. The van der Waals surface area contributed by atoms with Crippen LogP contribution in [0.5, 0.6) is 0 Å². The number of halogens is 1. The van der Waals surface area contributed by atoms with E-state index in [4.69, 9.17) is 5.26 Å². The highest BCUT2D eigenvalue weighted by atomic mass is 32.2. The van der Waals surface area contributed by atoms with Gasteiger partial charge in [0.15, 0.2) is 0 Å². The summed E-state index contributed by atoms with van der Waals surface area (Å²) in [6.07, 6.45) is 0.754. The lowest BCUT2D eigenvalue weighted by Gasteiger charge is -2.25. The van der Waals surface area contributed by atoms with Gasteiger partial charge in [0.2, 0.25) is 10.0 Å². The van der Waals surface area contributed by atoms with E-state index >= 15 is 0 Å². The minimum absolute atomic E-state index is 0.0417. The summed E-state index contributed by atoms with van der Waals surface area (Å²) < 4.78 is 39.9. The number of benzene rings is 1. The molecule has 0 aliphatic heterocycles. The number of nitriles is 1. The molecule has 0 aliphatic rings. The van der Waals surface area contributed by atoms with Gasteiger partial charge in [-0.2, -0.15) is 5.26 Å². The fourth-order valence-electron chi connectivity index (χ4n) is 1.60. The minimum atomic E-state index is -4.06. The fourth-order valence-corrected chi connectivity index (χ4v) is 2.77. The Morgan fingerprint density at radius 2 is 2.00 bits per heavy atom. The Morgan fingerprint density at radius 3 is 2.45 bits per heavy atom. The van der Waals surface area contributed by atoms with E-state index < -0.39 is 26.3 Å². The number of nitrogens with one attached hydrogen (secondary N) is 1. The molecule has 2 N–H and O–H groups in total. The molecule has 7 heteroatoms. The summed E-state index contributed by atoms with van der Waals surface area (Å²) >= 11 is 0. The molecule has 0 bridgehead atoms. The van der Waals surface area contributed by atoms with Gasteiger partial charge in [-0.05, 0) is 31.0 Å². The van der Waals surface area contributed by atoms with Crippen LogP contribution in [0, 0.1) is 17.1 Å². The smallest absolute Gasteiger partial charge is 0.243 e. The monoisotopic (exact) mass is 300 g/mol. The largest absolute Gasteiger partial charge is 0.389 e.